The summed E-state index contributed by atoms with van der Waals surface area (Å²) < 4.78 is 24.5. The molecule has 0 saturated heterocycles. The molecular formula is C10H25IN4O2S. The van der Waals surface area contributed by atoms with Crippen LogP contribution in [0.1, 0.15) is 20.3 Å². The van der Waals surface area contributed by atoms with E-state index >= 15 is 0 Å². The highest BCUT2D eigenvalue weighted by Crippen LogP contribution is 2.05. The minimum absolute atomic E-state index is 0. The number of nitrogens with one attached hydrogen (secondary N) is 2. The topological polar surface area (TPSA) is 73.8 Å². The van der Waals surface area contributed by atoms with Crippen LogP contribution in [0.4, 0.5) is 0 Å². The van der Waals surface area contributed by atoms with Gasteiger partial charge in [0.05, 0.1) is 6.26 Å². The number of aliphatic imine (C=N–C) groups is 1. The summed E-state index contributed by atoms with van der Waals surface area (Å²) in [5, 5.41) is 5.98. The average molecular weight is 392 g/mol. The van der Waals surface area contributed by atoms with Gasteiger partial charge in [-0.15, -0.1) is 24.0 Å². The molecule has 0 radical (unpaired) electrons. The zero-order chi connectivity index (χ0) is 13.5. The maximum Gasteiger partial charge on any atom is 0.211 e. The number of halogens is 1. The van der Waals surface area contributed by atoms with Crippen LogP contribution in [0.5, 0.6) is 0 Å². The quantitative estimate of drug-likeness (QED) is 0.298. The Morgan fingerprint density at radius 1 is 1.39 bits per heavy atom. The van der Waals surface area contributed by atoms with Gasteiger partial charge in [0.1, 0.15) is 0 Å². The normalized spacial score (nSPS) is 12.5. The molecule has 0 saturated carbocycles. The predicted molar refractivity (Wildman–Crippen MR) is 87.1 cm³/mol. The van der Waals surface area contributed by atoms with Crippen molar-refractivity contribution in [2.24, 2.45) is 4.99 Å². The van der Waals surface area contributed by atoms with Crippen LogP contribution in [0.2, 0.25) is 0 Å². The highest BCUT2D eigenvalue weighted by Gasteiger charge is 2.18. The van der Waals surface area contributed by atoms with Gasteiger partial charge in [-0.2, -0.15) is 4.31 Å². The Bertz CT molecular complexity index is 344. The zero-order valence-corrected chi connectivity index (χ0v) is 14.9. The summed E-state index contributed by atoms with van der Waals surface area (Å²) in [6.45, 7) is 4.96. The molecule has 0 bridgehead atoms. The molecule has 0 atom stereocenters. The second-order valence-corrected chi connectivity index (χ2v) is 6.01. The molecule has 0 aliphatic rings. The molecular weight excluding hydrogens is 367 g/mol. The fourth-order valence-corrected chi connectivity index (χ4v) is 2.75. The first-order valence-electron chi connectivity index (χ1n) is 5.68. The van der Waals surface area contributed by atoms with Crippen LogP contribution in [0, 0.1) is 0 Å². The van der Waals surface area contributed by atoms with E-state index in [1.54, 1.807) is 14.1 Å². The van der Waals surface area contributed by atoms with Gasteiger partial charge in [0.2, 0.25) is 10.0 Å². The lowest BCUT2D eigenvalue weighted by Crippen LogP contribution is -2.40. The number of rotatable bonds is 6. The number of guanidine groups is 1. The van der Waals surface area contributed by atoms with Crippen LogP contribution in [0.25, 0.3) is 0 Å². The van der Waals surface area contributed by atoms with E-state index < -0.39 is 10.0 Å². The van der Waals surface area contributed by atoms with Gasteiger partial charge in [0.15, 0.2) is 5.96 Å². The molecule has 0 heterocycles. The SMILES string of the molecule is CN=C(NC)NCCCN(C(C)C)S(C)(=O)=O.I. The first-order valence-corrected chi connectivity index (χ1v) is 7.53. The van der Waals surface area contributed by atoms with Crippen molar-refractivity contribution in [1.82, 2.24) is 14.9 Å². The maximum absolute atomic E-state index is 11.5. The van der Waals surface area contributed by atoms with Crippen molar-refractivity contribution >= 4 is 40.0 Å². The van der Waals surface area contributed by atoms with Gasteiger partial charge in [0.25, 0.3) is 0 Å². The lowest BCUT2D eigenvalue weighted by molar-refractivity contribution is 0.352. The molecule has 0 aromatic heterocycles. The van der Waals surface area contributed by atoms with E-state index in [0.717, 1.165) is 6.42 Å². The Balaban J connectivity index is 0. The minimum Gasteiger partial charge on any atom is -0.359 e. The van der Waals surface area contributed by atoms with Gasteiger partial charge in [-0.3, -0.25) is 4.99 Å². The van der Waals surface area contributed by atoms with E-state index in [1.165, 1.54) is 10.6 Å². The van der Waals surface area contributed by atoms with Crippen molar-refractivity contribution in [2.75, 3.05) is 33.4 Å². The predicted octanol–water partition coefficient (Wildman–Crippen LogP) is 0.459. The number of hydrogen-bond acceptors (Lipinski definition) is 3. The Hall–Kier alpha value is -0.0900. The van der Waals surface area contributed by atoms with Crippen LogP contribution in [0.3, 0.4) is 0 Å². The second-order valence-electron chi connectivity index (χ2n) is 4.07. The molecule has 6 nitrogen and oxygen atoms in total. The molecule has 18 heavy (non-hydrogen) atoms. The summed E-state index contributed by atoms with van der Waals surface area (Å²) in [6, 6.07) is -0.00591. The monoisotopic (exact) mass is 392 g/mol. The molecule has 0 aliphatic heterocycles. The largest absolute Gasteiger partial charge is 0.359 e. The van der Waals surface area contributed by atoms with E-state index in [0.29, 0.717) is 19.0 Å². The second kappa shape index (κ2) is 9.79. The van der Waals surface area contributed by atoms with Crippen molar-refractivity contribution in [1.29, 1.82) is 0 Å². The summed E-state index contributed by atoms with van der Waals surface area (Å²) in [6.07, 6.45) is 1.99. The van der Waals surface area contributed by atoms with Crippen LogP contribution in [-0.2, 0) is 10.0 Å². The molecule has 0 unspecified atom stereocenters. The Morgan fingerprint density at radius 3 is 2.28 bits per heavy atom. The summed E-state index contributed by atoms with van der Waals surface area (Å²) in [7, 11) is 0.358. The fraction of sp³-hybridized carbons (Fsp3) is 0.900. The molecule has 2 N–H and O–H groups in total. The molecule has 0 spiro atoms. The van der Waals surface area contributed by atoms with Gasteiger partial charge in [-0.05, 0) is 20.3 Å². The third-order valence-electron chi connectivity index (χ3n) is 2.31. The summed E-state index contributed by atoms with van der Waals surface area (Å²) in [4.78, 5) is 3.97. The van der Waals surface area contributed by atoms with Crippen LogP contribution < -0.4 is 10.6 Å². The van der Waals surface area contributed by atoms with E-state index in [1.807, 2.05) is 13.8 Å². The van der Waals surface area contributed by atoms with Gasteiger partial charge in [-0.1, -0.05) is 0 Å². The molecule has 0 aliphatic carbocycles. The highest BCUT2D eigenvalue weighted by molar-refractivity contribution is 14.0. The highest BCUT2D eigenvalue weighted by atomic mass is 127. The molecule has 0 fully saturated rings. The van der Waals surface area contributed by atoms with Crippen molar-refractivity contribution in [3.05, 3.63) is 0 Å². The third kappa shape index (κ3) is 8.09. The van der Waals surface area contributed by atoms with Crippen molar-refractivity contribution in [2.45, 2.75) is 26.3 Å². The Labute approximate surface area is 128 Å². The van der Waals surface area contributed by atoms with Crippen molar-refractivity contribution in [3.63, 3.8) is 0 Å². The smallest absolute Gasteiger partial charge is 0.211 e. The van der Waals surface area contributed by atoms with Crippen molar-refractivity contribution < 1.29 is 8.42 Å². The standard InChI is InChI=1S/C10H24N4O2S.HI/c1-9(2)14(17(5,15)16)8-6-7-13-10(11-3)12-4;/h9H,6-8H2,1-5H3,(H2,11,12,13);1H. The molecule has 110 valence electrons. The fourth-order valence-electron chi connectivity index (χ4n) is 1.53. The lowest BCUT2D eigenvalue weighted by atomic mass is 10.3. The zero-order valence-electron chi connectivity index (χ0n) is 11.7. The Morgan fingerprint density at radius 2 is 1.94 bits per heavy atom. The summed E-state index contributed by atoms with van der Waals surface area (Å²) in [5.74, 6) is 0.709. The molecule has 0 amide bonds. The van der Waals surface area contributed by atoms with E-state index in [2.05, 4.69) is 15.6 Å². The van der Waals surface area contributed by atoms with E-state index in [-0.39, 0.29) is 30.0 Å². The number of hydrogen-bond donors (Lipinski definition) is 2. The molecule has 0 rings (SSSR count). The van der Waals surface area contributed by atoms with Crippen LogP contribution >= 0.6 is 24.0 Å². The molecule has 8 heteroatoms. The summed E-state index contributed by atoms with van der Waals surface area (Å²) in [5.41, 5.74) is 0. The first-order chi connectivity index (χ1) is 7.82. The first kappa shape index (κ1) is 20.2. The minimum atomic E-state index is -3.12. The number of nitrogens with zero attached hydrogens (tertiary/aromatic N) is 2. The summed E-state index contributed by atoms with van der Waals surface area (Å²) >= 11 is 0. The van der Waals surface area contributed by atoms with Gasteiger partial charge in [0, 0.05) is 33.2 Å². The van der Waals surface area contributed by atoms with Crippen molar-refractivity contribution in [3.8, 4) is 0 Å². The maximum atomic E-state index is 11.5. The van der Waals surface area contributed by atoms with Crippen LogP contribution in [0.15, 0.2) is 4.99 Å². The third-order valence-corrected chi connectivity index (χ3v) is 3.77. The van der Waals surface area contributed by atoms with Gasteiger partial charge < -0.3 is 10.6 Å². The van der Waals surface area contributed by atoms with E-state index in [9.17, 15) is 8.42 Å². The van der Waals surface area contributed by atoms with Crippen LogP contribution in [-0.4, -0.2) is 58.2 Å². The molecule has 0 aromatic rings. The molecule has 0 aromatic carbocycles. The Kier molecular flexibility index (Phi) is 11.0. The number of sulfonamides is 1. The lowest BCUT2D eigenvalue weighted by Gasteiger charge is -2.23. The van der Waals surface area contributed by atoms with E-state index in [4.69, 9.17) is 0 Å². The van der Waals surface area contributed by atoms with Gasteiger partial charge >= 0.3 is 0 Å². The average Bonchev–Trinajstić information content (AvgIpc) is 2.21. The van der Waals surface area contributed by atoms with Gasteiger partial charge in [-0.25, -0.2) is 8.42 Å².